The Bertz CT molecular complexity index is 6810. The van der Waals surface area contributed by atoms with Crippen molar-refractivity contribution in [1.29, 1.82) is 0 Å². The molecule has 0 fully saturated rings. The molecule has 0 saturated carbocycles. The van der Waals surface area contributed by atoms with Crippen LogP contribution in [-0.4, -0.2) is 78.7 Å². The predicted molar refractivity (Wildman–Crippen MR) is 557 cm³/mol. The lowest BCUT2D eigenvalue weighted by molar-refractivity contribution is -0.120. The number of hydrogen-bond acceptors (Lipinski definition) is 15. The average Bonchev–Trinajstić information content (AvgIpc) is 0.831. The zero-order valence-electron chi connectivity index (χ0n) is 76.8. The molecule has 17 aromatic rings. The molecule has 694 valence electrons. The molecule has 5 atom stereocenters. The highest BCUT2D eigenvalue weighted by atomic mass is 35.5. The molecule has 137 heavy (non-hydrogen) atoms. The number of hydrogen-bond donors (Lipinski definition) is 6. The molecule has 0 aromatic heterocycles. The molecule has 0 aliphatic rings. The van der Waals surface area contributed by atoms with Crippen molar-refractivity contribution in [2.24, 2.45) is 28.7 Å². The first-order valence-corrected chi connectivity index (χ1v) is 46.2. The van der Waals surface area contributed by atoms with Gasteiger partial charge >= 0.3 is 11.9 Å². The van der Waals surface area contributed by atoms with Gasteiger partial charge in [0.15, 0.2) is 0 Å². The van der Waals surface area contributed by atoms with Crippen molar-refractivity contribution in [2.75, 3.05) is 32.7 Å². The Morgan fingerprint density at radius 3 is 0.781 bits per heavy atom. The van der Waals surface area contributed by atoms with Crippen LogP contribution in [-0.2, 0) is 85.4 Å². The lowest BCUT2D eigenvalue weighted by Gasteiger charge is -2.15. The van der Waals surface area contributed by atoms with Crippen LogP contribution in [0.2, 0.25) is 5.02 Å². The number of nitrogens with two attached hydrogens (primary N) is 5. The minimum Gasteiger partial charge on any atom is -0.457 e. The molecule has 0 aliphatic carbocycles. The van der Waals surface area contributed by atoms with Crippen molar-refractivity contribution in [2.45, 2.75) is 110 Å². The van der Waals surface area contributed by atoms with Crippen molar-refractivity contribution in [3.8, 4) is 0 Å². The lowest BCUT2D eigenvalue weighted by atomic mass is 9.90. The fraction of sp³-hybridized carbons (Fsp3) is 0.182. The van der Waals surface area contributed by atoms with Gasteiger partial charge in [0.05, 0.1) is 47.3 Å². The maximum Gasteiger partial charge on any atom is 0.338 e. The van der Waals surface area contributed by atoms with Crippen molar-refractivity contribution >= 4 is 106 Å². The van der Waals surface area contributed by atoms with Gasteiger partial charge in [0.2, 0.25) is 0 Å². The second-order valence-corrected chi connectivity index (χ2v) is 34.7. The first-order chi connectivity index (χ1) is 66.1. The molecule has 16 heteroatoms. The van der Waals surface area contributed by atoms with Gasteiger partial charge in [0.25, 0.3) is 0 Å². The summed E-state index contributed by atoms with van der Waals surface area (Å²) in [4.78, 5) is 88.6. The fourth-order valence-electron chi connectivity index (χ4n) is 16.8. The number of aryl methyl sites for hydroxylation is 3. The van der Waals surface area contributed by atoms with E-state index >= 15 is 0 Å². The van der Waals surface area contributed by atoms with Gasteiger partial charge in [-0.15, -0.1) is 0 Å². The fourth-order valence-corrected chi connectivity index (χ4v) is 16.9. The van der Waals surface area contributed by atoms with E-state index in [1.54, 1.807) is 42.5 Å². The number of Topliss-reactive ketones (excluding diaryl/α,β-unsaturated/α-hetero) is 5. The number of carbonyl (C=O) groups is 7. The van der Waals surface area contributed by atoms with E-state index in [0.717, 1.165) is 121 Å². The Labute approximate surface area is 807 Å². The van der Waals surface area contributed by atoms with Crippen LogP contribution in [0.1, 0.15) is 147 Å². The number of fused-ring (bicyclic) bond motifs is 5. The number of halogens is 1. The predicted octanol–water partition coefficient (Wildman–Crippen LogP) is 22.9. The van der Waals surface area contributed by atoms with Gasteiger partial charge in [0, 0.05) is 69.9 Å². The third-order valence-electron chi connectivity index (χ3n) is 24.5. The van der Waals surface area contributed by atoms with Crippen molar-refractivity contribution < 1.29 is 48.1 Å². The second-order valence-electron chi connectivity index (χ2n) is 34.2. The van der Waals surface area contributed by atoms with E-state index in [0.29, 0.717) is 61.3 Å². The van der Waals surface area contributed by atoms with Gasteiger partial charge < -0.3 is 43.2 Å². The molecule has 17 rings (SSSR count). The normalized spacial score (nSPS) is 12.0. The molecular weight excluding hydrogens is 1720 g/mol. The highest BCUT2D eigenvalue weighted by Crippen LogP contribution is 2.30. The second kappa shape index (κ2) is 50.6. The minimum absolute atomic E-state index is 0. The number of esters is 2. The van der Waals surface area contributed by atoms with Crippen LogP contribution in [0.3, 0.4) is 0 Å². The zero-order valence-corrected chi connectivity index (χ0v) is 77.6. The molecule has 15 nitrogen and oxygen atoms in total. The summed E-state index contributed by atoms with van der Waals surface area (Å²) in [5.41, 5.74) is 45.9. The summed E-state index contributed by atoms with van der Waals surface area (Å²) in [6, 6.07) is 124. The minimum atomic E-state index is -0.377. The summed E-state index contributed by atoms with van der Waals surface area (Å²) in [6.45, 7) is 7.69. The Hall–Kier alpha value is -14.6. The molecule has 0 amide bonds. The van der Waals surface area contributed by atoms with E-state index in [1.807, 2.05) is 263 Å². The first-order valence-electron chi connectivity index (χ1n) is 45.8. The zero-order chi connectivity index (χ0) is 95.8. The SMILES string of the molecule is C.Cc1ccc(C(=O)OCc2ccc(C(CN)C(=O)Cc3ccc4ccccc4c3)cc2)c(C)c1.Cc1ccc(C(CN)C(=O)Cc2ccc3ccccc3c2)cc1.NCC(C(=O)Cc1ccc2ccccc2c1)c1ccc(CO)cc1.NCC(C(=O)Cc1ccc2ccccc2c1)c1ccc(COC(=O)c2ccccc2)cc1.NCC(C(=O)Cc1ccc2ccccc2c1)c1ccc(Cl)cc1. The summed E-state index contributed by atoms with van der Waals surface area (Å²) >= 11 is 5.91. The lowest BCUT2D eigenvalue weighted by Crippen LogP contribution is -2.23. The first kappa shape index (κ1) is 101. The molecular formula is C121H118ClN5O10. The maximum absolute atomic E-state index is 13.0. The molecule has 17 aromatic carbocycles. The third kappa shape index (κ3) is 28.5. The van der Waals surface area contributed by atoms with Crippen LogP contribution in [0.15, 0.2) is 382 Å². The van der Waals surface area contributed by atoms with Crippen molar-refractivity contribution in [3.05, 3.63) is 487 Å². The van der Waals surface area contributed by atoms with Crippen molar-refractivity contribution in [1.82, 2.24) is 0 Å². The summed E-state index contributed by atoms with van der Waals surface area (Å²) in [5.74, 6) is -1.70. The smallest absolute Gasteiger partial charge is 0.338 e. The van der Waals surface area contributed by atoms with E-state index in [1.165, 1.54) is 21.7 Å². The molecule has 0 heterocycles. The molecule has 11 N–H and O–H groups in total. The third-order valence-corrected chi connectivity index (χ3v) is 24.8. The monoisotopic (exact) mass is 1840 g/mol. The summed E-state index contributed by atoms with van der Waals surface area (Å²) in [7, 11) is 0. The van der Waals surface area contributed by atoms with Crippen LogP contribution in [0.5, 0.6) is 0 Å². The Morgan fingerprint density at radius 2 is 0.504 bits per heavy atom. The van der Waals surface area contributed by atoms with Crippen LogP contribution < -0.4 is 28.7 Å². The highest BCUT2D eigenvalue weighted by molar-refractivity contribution is 6.30. The van der Waals surface area contributed by atoms with Crippen LogP contribution in [0.25, 0.3) is 53.9 Å². The number of benzene rings is 17. The Kier molecular flexibility index (Phi) is 37.5. The van der Waals surface area contributed by atoms with Gasteiger partial charge in [0.1, 0.15) is 42.1 Å². The average molecular weight is 1840 g/mol. The maximum atomic E-state index is 13.0. The van der Waals surface area contributed by atoms with Crippen LogP contribution in [0, 0.1) is 20.8 Å². The standard InChI is InChI=1S/C30H29NO3.C28H25NO3.C21H21NO2.C21H21NO.C20H18ClNO.CH4/c1-20-7-14-27(21(2)15-20)30(33)34-19-22-8-12-25(13-9-22)28(18-31)29(32)17-23-10-11-24-5-3-4-6-26(24)16-23;29-18-26(27(30)17-21-12-13-22-6-4-5-9-25(22)16-21)23-14-10-20(11-15-23)19-32-28(31)24-7-2-1-3-8-24;22-13-20(18-9-5-15(14-23)6-10-18)21(24)12-16-7-8-17-3-1-2-4-19(17)11-16;1-15-6-9-18(10-7-15)20(14-22)21(23)13-16-8-11-17-4-2-3-5-19(17)12-16;21-18-9-7-16(8-10-18)19(13-22)20(23)12-14-5-6-15-3-1-2-4-17(15)11-14;/h3-16,28H,17-19,31H2,1-2H3;1-16,26H,17-19,29H2;1-11,20,23H,12-14,22H2;2-12,20H,13-14,22H2,1H3;1-11,19H,12-13,22H2;1H4. The van der Waals surface area contributed by atoms with Crippen LogP contribution >= 0.6 is 11.6 Å². The largest absolute Gasteiger partial charge is 0.457 e. The van der Waals surface area contributed by atoms with E-state index < -0.39 is 0 Å². The topological polar surface area (TPSA) is 288 Å². The Morgan fingerprint density at radius 1 is 0.263 bits per heavy atom. The van der Waals surface area contributed by atoms with Gasteiger partial charge in [-0.05, 0) is 183 Å². The molecule has 0 radical (unpaired) electrons. The number of ketones is 5. The number of aliphatic hydroxyl groups excluding tert-OH is 1. The van der Waals surface area contributed by atoms with Gasteiger partial charge in [-0.25, -0.2) is 9.59 Å². The summed E-state index contributed by atoms with van der Waals surface area (Å²) < 4.78 is 10.9. The molecule has 5 unspecified atom stereocenters. The van der Waals surface area contributed by atoms with Gasteiger partial charge in [-0.1, -0.05) is 382 Å². The summed E-state index contributed by atoms with van der Waals surface area (Å²) in [6.07, 6.45) is 1.84. The quantitative estimate of drug-likeness (QED) is 0.0214. The number of carbonyl (C=O) groups excluding carboxylic acids is 7. The van der Waals surface area contributed by atoms with Crippen LogP contribution in [0.4, 0.5) is 0 Å². The number of ether oxygens (including phenoxy) is 2. The van der Waals surface area contributed by atoms with Crippen molar-refractivity contribution in [3.63, 3.8) is 0 Å². The number of rotatable bonds is 32. The van der Waals surface area contributed by atoms with E-state index in [9.17, 15) is 33.6 Å². The number of aliphatic hydroxyl groups is 1. The molecule has 0 bridgehead atoms. The molecule has 0 spiro atoms. The Balaban J connectivity index is 0.000000155. The molecule has 0 aliphatic heterocycles. The molecule has 0 saturated heterocycles. The van der Waals surface area contributed by atoms with Gasteiger partial charge in [-0.3, -0.25) is 24.0 Å². The van der Waals surface area contributed by atoms with Gasteiger partial charge in [-0.2, -0.15) is 0 Å². The van der Waals surface area contributed by atoms with E-state index in [4.69, 9.17) is 54.8 Å². The van der Waals surface area contributed by atoms with E-state index in [-0.39, 0.29) is 117 Å². The van der Waals surface area contributed by atoms with E-state index in [2.05, 4.69) is 97.1 Å². The highest BCUT2D eigenvalue weighted by Gasteiger charge is 2.26. The summed E-state index contributed by atoms with van der Waals surface area (Å²) in [5, 5.41) is 21.3.